The lowest BCUT2D eigenvalue weighted by Crippen LogP contribution is -2.30. The summed E-state index contributed by atoms with van der Waals surface area (Å²) < 4.78 is 43.3. The van der Waals surface area contributed by atoms with Crippen LogP contribution in [0.25, 0.3) is 0 Å². The van der Waals surface area contributed by atoms with Gasteiger partial charge in [-0.2, -0.15) is 13.2 Å². The molecule has 1 amide bonds. The minimum absolute atomic E-state index is 0.0148. The molecule has 25 heavy (non-hydrogen) atoms. The number of nitro benzene ring substituents is 1. The highest BCUT2D eigenvalue weighted by molar-refractivity contribution is 5.94. The van der Waals surface area contributed by atoms with Gasteiger partial charge in [0, 0.05) is 17.8 Å². The quantitative estimate of drug-likeness (QED) is 0.649. The molecule has 1 atom stereocenters. The number of hydrogen-bond donors (Lipinski definition) is 1. The van der Waals surface area contributed by atoms with E-state index >= 15 is 0 Å². The number of halogens is 3. The van der Waals surface area contributed by atoms with Gasteiger partial charge in [0.1, 0.15) is 5.75 Å². The van der Waals surface area contributed by atoms with Gasteiger partial charge in [0.05, 0.1) is 10.5 Å². The first-order chi connectivity index (χ1) is 11.7. The first-order valence-electron chi connectivity index (χ1n) is 7.06. The highest BCUT2D eigenvalue weighted by Gasteiger charge is 2.30. The molecule has 0 aliphatic rings. The molecule has 0 bridgehead atoms. The highest BCUT2D eigenvalue weighted by atomic mass is 19.4. The maximum atomic E-state index is 12.7. The molecule has 0 aliphatic carbocycles. The monoisotopic (exact) mass is 354 g/mol. The summed E-state index contributed by atoms with van der Waals surface area (Å²) in [4.78, 5) is 22.0. The van der Waals surface area contributed by atoms with Crippen molar-refractivity contribution in [1.29, 1.82) is 0 Å². The van der Waals surface area contributed by atoms with Gasteiger partial charge in [-0.3, -0.25) is 14.9 Å². The molecule has 9 heteroatoms. The van der Waals surface area contributed by atoms with Crippen molar-refractivity contribution in [2.45, 2.75) is 19.2 Å². The highest BCUT2D eigenvalue weighted by Crippen LogP contribution is 2.30. The summed E-state index contributed by atoms with van der Waals surface area (Å²) in [7, 11) is 0. The number of anilines is 1. The molecule has 0 saturated carbocycles. The molecule has 2 aromatic carbocycles. The van der Waals surface area contributed by atoms with Crippen molar-refractivity contribution in [1.82, 2.24) is 0 Å². The van der Waals surface area contributed by atoms with Crippen LogP contribution in [0.2, 0.25) is 0 Å². The zero-order valence-electron chi connectivity index (χ0n) is 12.9. The van der Waals surface area contributed by atoms with E-state index in [0.29, 0.717) is 0 Å². The average molecular weight is 354 g/mol. The van der Waals surface area contributed by atoms with Crippen molar-refractivity contribution >= 4 is 17.3 Å². The van der Waals surface area contributed by atoms with Crippen LogP contribution in [0.3, 0.4) is 0 Å². The molecule has 0 aromatic heterocycles. The van der Waals surface area contributed by atoms with Gasteiger partial charge in [-0.25, -0.2) is 0 Å². The molecule has 2 rings (SSSR count). The average Bonchev–Trinajstić information content (AvgIpc) is 2.54. The molecule has 2 aromatic rings. The van der Waals surface area contributed by atoms with Crippen molar-refractivity contribution in [2.75, 3.05) is 5.32 Å². The third kappa shape index (κ3) is 4.93. The zero-order chi connectivity index (χ0) is 18.6. The van der Waals surface area contributed by atoms with E-state index in [1.807, 2.05) is 0 Å². The lowest BCUT2D eigenvalue weighted by molar-refractivity contribution is -0.384. The molecule has 0 aliphatic heterocycles. The predicted molar refractivity (Wildman–Crippen MR) is 83.3 cm³/mol. The summed E-state index contributed by atoms with van der Waals surface area (Å²) in [6.45, 7) is 1.41. The Hall–Kier alpha value is -3.10. The fourth-order valence-corrected chi connectivity index (χ4v) is 1.92. The van der Waals surface area contributed by atoms with Gasteiger partial charge in [0.2, 0.25) is 0 Å². The van der Waals surface area contributed by atoms with Crippen LogP contribution in [0.4, 0.5) is 24.5 Å². The SMILES string of the molecule is CC(Oc1ccc([N+](=O)[O-])cc1)C(=O)Nc1cccc(C(F)(F)F)c1. The first kappa shape index (κ1) is 18.2. The summed E-state index contributed by atoms with van der Waals surface area (Å²) in [6, 6.07) is 9.30. The van der Waals surface area contributed by atoms with Crippen LogP contribution in [0, 0.1) is 10.1 Å². The Balaban J connectivity index is 2.02. The molecule has 0 radical (unpaired) electrons. The van der Waals surface area contributed by atoms with Gasteiger partial charge in [-0.05, 0) is 37.3 Å². The number of benzene rings is 2. The van der Waals surface area contributed by atoms with Crippen LogP contribution in [0.1, 0.15) is 12.5 Å². The van der Waals surface area contributed by atoms with Crippen molar-refractivity contribution < 1.29 is 27.6 Å². The fourth-order valence-electron chi connectivity index (χ4n) is 1.92. The summed E-state index contributed by atoms with van der Waals surface area (Å²) in [5.74, 6) is -0.435. The van der Waals surface area contributed by atoms with E-state index in [1.165, 1.54) is 43.3 Å². The van der Waals surface area contributed by atoms with Gasteiger partial charge in [-0.15, -0.1) is 0 Å². The number of carbonyl (C=O) groups excluding carboxylic acids is 1. The minimum atomic E-state index is -4.51. The van der Waals surface area contributed by atoms with E-state index in [9.17, 15) is 28.1 Å². The second-order valence-corrected chi connectivity index (χ2v) is 5.08. The Kier molecular flexibility index (Phi) is 5.26. The molecule has 1 unspecified atom stereocenters. The molecule has 0 heterocycles. The Labute approximate surface area is 140 Å². The van der Waals surface area contributed by atoms with Crippen molar-refractivity contribution in [2.24, 2.45) is 0 Å². The van der Waals surface area contributed by atoms with Gasteiger partial charge in [-0.1, -0.05) is 6.07 Å². The van der Waals surface area contributed by atoms with E-state index < -0.39 is 28.7 Å². The van der Waals surface area contributed by atoms with E-state index in [-0.39, 0.29) is 17.1 Å². The Morgan fingerprint density at radius 2 is 1.84 bits per heavy atom. The summed E-state index contributed by atoms with van der Waals surface area (Å²) >= 11 is 0. The molecule has 6 nitrogen and oxygen atoms in total. The van der Waals surface area contributed by atoms with E-state index in [2.05, 4.69) is 5.32 Å². The molecule has 132 valence electrons. The second kappa shape index (κ2) is 7.20. The number of alkyl halides is 3. The van der Waals surface area contributed by atoms with Crippen molar-refractivity contribution in [3.05, 3.63) is 64.2 Å². The third-order valence-corrected chi connectivity index (χ3v) is 3.19. The van der Waals surface area contributed by atoms with Crippen LogP contribution < -0.4 is 10.1 Å². The van der Waals surface area contributed by atoms with Gasteiger partial charge in [0.15, 0.2) is 6.10 Å². The van der Waals surface area contributed by atoms with Crippen LogP contribution in [-0.2, 0) is 11.0 Å². The molecular weight excluding hydrogens is 341 g/mol. The second-order valence-electron chi connectivity index (χ2n) is 5.08. The largest absolute Gasteiger partial charge is 0.481 e. The normalized spacial score (nSPS) is 12.3. The van der Waals surface area contributed by atoms with Gasteiger partial charge in [0.25, 0.3) is 11.6 Å². The van der Waals surface area contributed by atoms with Crippen LogP contribution in [-0.4, -0.2) is 16.9 Å². The van der Waals surface area contributed by atoms with Crippen LogP contribution in [0.5, 0.6) is 5.75 Å². The number of hydrogen-bond acceptors (Lipinski definition) is 4. The number of amides is 1. The smallest absolute Gasteiger partial charge is 0.416 e. The van der Waals surface area contributed by atoms with Crippen LogP contribution >= 0.6 is 0 Å². The number of carbonyl (C=O) groups is 1. The number of nitrogens with one attached hydrogen (secondary N) is 1. The maximum absolute atomic E-state index is 12.7. The Morgan fingerprint density at radius 3 is 2.40 bits per heavy atom. The summed E-state index contributed by atoms with van der Waals surface area (Å²) in [5.41, 5.74) is -1.03. The van der Waals surface area contributed by atoms with E-state index in [0.717, 1.165) is 12.1 Å². The molecular formula is C16H13F3N2O4. The topological polar surface area (TPSA) is 81.5 Å². The molecule has 0 saturated heterocycles. The third-order valence-electron chi connectivity index (χ3n) is 3.19. The number of nitrogens with zero attached hydrogens (tertiary/aromatic N) is 1. The van der Waals surface area contributed by atoms with Gasteiger partial charge >= 0.3 is 6.18 Å². The van der Waals surface area contributed by atoms with Crippen molar-refractivity contribution in [3.63, 3.8) is 0 Å². The van der Waals surface area contributed by atoms with E-state index in [1.54, 1.807) is 0 Å². The number of nitro groups is 1. The zero-order valence-corrected chi connectivity index (χ0v) is 12.9. The Bertz CT molecular complexity index is 776. The first-order valence-corrected chi connectivity index (χ1v) is 7.06. The summed E-state index contributed by atoms with van der Waals surface area (Å²) in [5, 5.41) is 12.9. The Morgan fingerprint density at radius 1 is 1.20 bits per heavy atom. The van der Waals surface area contributed by atoms with Crippen molar-refractivity contribution in [3.8, 4) is 5.75 Å². The number of ether oxygens (including phenoxy) is 1. The lowest BCUT2D eigenvalue weighted by atomic mass is 10.2. The summed E-state index contributed by atoms with van der Waals surface area (Å²) in [6.07, 6.45) is -5.53. The predicted octanol–water partition coefficient (Wildman–Crippen LogP) is 4.02. The van der Waals surface area contributed by atoms with Gasteiger partial charge < -0.3 is 10.1 Å². The number of non-ortho nitro benzene ring substituents is 1. The lowest BCUT2D eigenvalue weighted by Gasteiger charge is -2.15. The molecule has 0 fully saturated rings. The molecule has 0 spiro atoms. The number of rotatable bonds is 5. The van der Waals surface area contributed by atoms with E-state index in [4.69, 9.17) is 4.74 Å². The maximum Gasteiger partial charge on any atom is 0.416 e. The fraction of sp³-hybridized carbons (Fsp3) is 0.188. The van der Waals surface area contributed by atoms with Crippen LogP contribution in [0.15, 0.2) is 48.5 Å². The molecule has 1 N–H and O–H groups in total. The minimum Gasteiger partial charge on any atom is -0.481 e. The standard InChI is InChI=1S/C16H13F3N2O4/c1-10(25-14-7-5-13(6-8-14)21(23)24)15(22)20-12-4-2-3-11(9-12)16(17,18)19/h2-10H,1H3,(H,20,22).